The van der Waals surface area contributed by atoms with Crippen LogP contribution in [0.3, 0.4) is 0 Å². The molecule has 0 saturated carbocycles. The number of benzene rings is 2. The van der Waals surface area contributed by atoms with Gasteiger partial charge in [0, 0.05) is 12.1 Å². The number of nitrogens with zero attached hydrogens (tertiary/aromatic N) is 4. The second-order valence-corrected chi connectivity index (χ2v) is 6.95. The highest BCUT2D eigenvalue weighted by molar-refractivity contribution is 6.21. The molecule has 0 saturated heterocycles. The van der Waals surface area contributed by atoms with Crippen LogP contribution in [0.4, 0.5) is 0 Å². The van der Waals surface area contributed by atoms with Crippen LogP contribution in [0.15, 0.2) is 66.9 Å². The van der Waals surface area contributed by atoms with Gasteiger partial charge < -0.3 is 4.84 Å². The third-order valence-corrected chi connectivity index (χ3v) is 5.13. The summed E-state index contributed by atoms with van der Waals surface area (Å²) in [5.41, 5.74) is 2.44. The molecule has 5 rings (SSSR count). The zero-order valence-corrected chi connectivity index (χ0v) is 16.5. The lowest BCUT2D eigenvalue weighted by molar-refractivity contribution is -0.0583. The van der Waals surface area contributed by atoms with Crippen molar-refractivity contribution in [1.29, 1.82) is 0 Å². The Balaban J connectivity index is 1.57. The second-order valence-electron chi connectivity index (χ2n) is 6.95. The van der Waals surface area contributed by atoms with E-state index in [0.717, 1.165) is 5.56 Å². The maximum absolute atomic E-state index is 13.1. The number of pyridine rings is 1. The third kappa shape index (κ3) is 2.96. The summed E-state index contributed by atoms with van der Waals surface area (Å²) in [6.45, 7) is 2.47. The Kier molecular flexibility index (Phi) is 4.32. The van der Waals surface area contributed by atoms with Crippen LogP contribution >= 0.6 is 0 Å². The molecule has 3 heterocycles. The average Bonchev–Trinajstić information content (AvgIpc) is 3.33. The third-order valence-electron chi connectivity index (χ3n) is 5.13. The van der Waals surface area contributed by atoms with Crippen molar-refractivity contribution in [1.82, 2.24) is 19.8 Å². The van der Waals surface area contributed by atoms with Gasteiger partial charge in [0.05, 0.1) is 34.0 Å². The Morgan fingerprint density at radius 3 is 2.26 bits per heavy atom. The van der Waals surface area contributed by atoms with Crippen molar-refractivity contribution in [2.45, 2.75) is 13.5 Å². The Morgan fingerprint density at radius 1 is 0.968 bits per heavy atom. The first-order valence-electron chi connectivity index (χ1n) is 9.70. The topological polar surface area (TPSA) is 94.4 Å². The largest absolute Gasteiger partial charge is 0.364 e. The Labute approximate surface area is 176 Å². The molecule has 0 aliphatic carbocycles. The molecule has 152 valence electrons. The quantitative estimate of drug-likeness (QED) is 0.476. The van der Waals surface area contributed by atoms with Crippen molar-refractivity contribution in [3.05, 3.63) is 83.6 Å². The van der Waals surface area contributed by atoms with Crippen LogP contribution in [-0.2, 0) is 11.4 Å². The number of aromatic nitrogens is 3. The predicted octanol–water partition coefficient (Wildman–Crippen LogP) is 3.49. The minimum atomic E-state index is -0.838. The highest BCUT2D eigenvalue weighted by atomic mass is 16.7. The zero-order valence-electron chi connectivity index (χ0n) is 16.5. The molecule has 0 radical (unpaired) electrons. The number of imide groups is 1. The molecule has 1 aliphatic rings. The fourth-order valence-corrected chi connectivity index (χ4v) is 3.59. The maximum Gasteiger partial charge on any atom is 0.364 e. The molecular formula is C23H16N4O4. The van der Waals surface area contributed by atoms with Crippen molar-refractivity contribution in [3.8, 4) is 11.3 Å². The highest BCUT2D eigenvalue weighted by Gasteiger charge is 2.39. The number of aryl methyl sites for hydroxylation is 1. The first-order chi connectivity index (χ1) is 15.1. The first-order valence-corrected chi connectivity index (χ1v) is 9.70. The SMILES string of the molecule is CCn1ncc2c(C(=O)ON3C(=O)c4ccccc4C3=O)cc(-c3ccccc3)nc21. The molecule has 2 aromatic carbocycles. The van der Waals surface area contributed by atoms with Crippen LogP contribution in [0.1, 0.15) is 38.0 Å². The van der Waals surface area contributed by atoms with E-state index < -0.39 is 17.8 Å². The molecule has 2 aromatic heterocycles. The number of hydrogen-bond donors (Lipinski definition) is 0. The molecule has 0 fully saturated rings. The van der Waals surface area contributed by atoms with E-state index in [4.69, 9.17) is 4.84 Å². The lowest BCUT2D eigenvalue weighted by Gasteiger charge is -2.14. The number of fused-ring (bicyclic) bond motifs is 2. The maximum atomic E-state index is 13.1. The van der Waals surface area contributed by atoms with Crippen LogP contribution in [0.2, 0.25) is 0 Å². The summed E-state index contributed by atoms with van der Waals surface area (Å²) in [6.07, 6.45) is 1.53. The minimum absolute atomic E-state index is 0.167. The van der Waals surface area contributed by atoms with Crippen LogP contribution in [0.25, 0.3) is 22.3 Å². The molecule has 0 N–H and O–H groups in total. The number of amides is 2. The van der Waals surface area contributed by atoms with Crippen LogP contribution in [0.5, 0.6) is 0 Å². The van der Waals surface area contributed by atoms with Gasteiger partial charge in [0.1, 0.15) is 0 Å². The zero-order chi connectivity index (χ0) is 21.5. The lowest BCUT2D eigenvalue weighted by atomic mass is 10.1. The summed E-state index contributed by atoms with van der Waals surface area (Å²) in [5.74, 6) is -2.19. The van der Waals surface area contributed by atoms with E-state index in [1.54, 1.807) is 22.9 Å². The fourth-order valence-electron chi connectivity index (χ4n) is 3.59. The number of carbonyl (C=O) groups excluding carboxylic acids is 3. The second kappa shape index (κ2) is 7.17. The molecule has 31 heavy (non-hydrogen) atoms. The van der Waals surface area contributed by atoms with Gasteiger partial charge in [-0.05, 0) is 25.1 Å². The smallest absolute Gasteiger partial charge is 0.324 e. The Hall–Kier alpha value is -4.33. The monoisotopic (exact) mass is 412 g/mol. The summed E-state index contributed by atoms with van der Waals surface area (Å²) in [5, 5.41) is 5.27. The van der Waals surface area contributed by atoms with E-state index >= 15 is 0 Å². The summed E-state index contributed by atoms with van der Waals surface area (Å²) < 4.78 is 1.67. The van der Waals surface area contributed by atoms with E-state index in [0.29, 0.717) is 28.3 Å². The summed E-state index contributed by atoms with van der Waals surface area (Å²) in [7, 11) is 0. The van der Waals surface area contributed by atoms with Gasteiger partial charge in [0.2, 0.25) is 0 Å². The van der Waals surface area contributed by atoms with Gasteiger partial charge in [-0.15, -0.1) is 0 Å². The van der Waals surface area contributed by atoms with Crippen molar-refractivity contribution in [2.75, 3.05) is 0 Å². The first kappa shape index (κ1) is 18.7. The van der Waals surface area contributed by atoms with Crippen LogP contribution < -0.4 is 0 Å². The van der Waals surface area contributed by atoms with Crippen molar-refractivity contribution in [3.63, 3.8) is 0 Å². The van der Waals surface area contributed by atoms with E-state index in [1.165, 1.54) is 18.3 Å². The van der Waals surface area contributed by atoms with E-state index in [9.17, 15) is 14.4 Å². The molecule has 0 atom stereocenters. The molecular weight excluding hydrogens is 396 g/mol. The molecule has 8 heteroatoms. The van der Waals surface area contributed by atoms with E-state index in [1.807, 2.05) is 37.3 Å². The molecule has 1 aliphatic heterocycles. The van der Waals surface area contributed by atoms with Gasteiger partial charge in [-0.25, -0.2) is 14.5 Å². The van der Waals surface area contributed by atoms with Gasteiger partial charge in [-0.1, -0.05) is 47.5 Å². The number of carbonyl (C=O) groups is 3. The molecule has 0 spiro atoms. The van der Waals surface area contributed by atoms with E-state index in [2.05, 4.69) is 10.1 Å². The predicted molar refractivity (Wildman–Crippen MR) is 111 cm³/mol. The minimum Gasteiger partial charge on any atom is -0.324 e. The molecule has 2 amide bonds. The summed E-state index contributed by atoms with van der Waals surface area (Å²) >= 11 is 0. The Morgan fingerprint density at radius 2 is 1.61 bits per heavy atom. The van der Waals surface area contributed by atoms with Crippen LogP contribution in [0, 0.1) is 0 Å². The molecule has 8 nitrogen and oxygen atoms in total. The van der Waals surface area contributed by atoms with Gasteiger partial charge in [0.15, 0.2) is 5.65 Å². The van der Waals surface area contributed by atoms with Gasteiger partial charge in [-0.3, -0.25) is 9.59 Å². The number of rotatable bonds is 4. The molecule has 0 bridgehead atoms. The van der Waals surface area contributed by atoms with Gasteiger partial charge in [0.25, 0.3) is 11.8 Å². The van der Waals surface area contributed by atoms with Crippen molar-refractivity contribution < 1.29 is 19.2 Å². The Bertz CT molecular complexity index is 1330. The van der Waals surface area contributed by atoms with Crippen molar-refractivity contribution in [2.24, 2.45) is 0 Å². The van der Waals surface area contributed by atoms with Gasteiger partial charge >= 0.3 is 5.97 Å². The lowest BCUT2D eigenvalue weighted by Crippen LogP contribution is -2.32. The fraction of sp³-hybridized carbons (Fsp3) is 0.0870. The highest BCUT2D eigenvalue weighted by Crippen LogP contribution is 2.28. The number of hydroxylamine groups is 2. The van der Waals surface area contributed by atoms with E-state index in [-0.39, 0.29) is 16.7 Å². The standard InChI is InChI=1S/C23H16N4O4/c1-2-26-20-18(13-24-26)17(12-19(25-20)14-8-4-3-5-9-14)23(30)31-27-21(28)15-10-6-7-11-16(15)22(27)29/h3-13H,2H2,1H3. The summed E-state index contributed by atoms with van der Waals surface area (Å²) in [6, 6.07) is 17.3. The van der Waals surface area contributed by atoms with Crippen LogP contribution in [-0.4, -0.2) is 37.6 Å². The molecule has 0 unspecified atom stereocenters. The average molecular weight is 412 g/mol. The number of hydrogen-bond acceptors (Lipinski definition) is 6. The van der Waals surface area contributed by atoms with Gasteiger partial charge in [-0.2, -0.15) is 5.10 Å². The van der Waals surface area contributed by atoms with Crippen molar-refractivity contribution >= 4 is 28.8 Å². The normalized spacial score (nSPS) is 13.0. The summed E-state index contributed by atoms with van der Waals surface area (Å²) in [4.78, 5) is 48.2. The molecule has 4 aromatic rings.